The molecule has 0 atom stereocenters. The maximum atomic E-state index is 12.3. The van der Waals surface area contributed by atoms with Crippen molar-refractivity contribution >= 4 is 12.0 Å². The second-order valence-corrected chi connectivity index (χ2v) is 5.16. The van der Waals surface area contributed by atoms with Crippen molar-refractivity contribution in [1.29, 1.82) is 0 Å². The van der Waals surface area contributed by atoms with E-state index >= 15 is 0 Å². The summed E-state index contributed by atoms with van der Waals surface area (Å²) in [5.74, 6) is -1.00. The number of carboxylic acid groups (broad SMARTS) is 1. The molecule has 1 aliphatic rings. The molecule has 0 unspecified atom stereocenters. The topological polar surface area (TPSA) is 70.1 Å². The Morgan fingerprint density at radius 1 is 1.44 bits per heavy atom. The number of carbonyl (C=O) groups excluding carboxylic acids is 1. The van der Waals surface area contributed by atoms with Gasteiger partial charge in [-0.15, -0.1) is 0 Å². The number of amides is 2. The molecule has 0 saturated carbocycles. The number of rotatable bonds is 5. The van der Waals surface area contributed by atoms with Gasteiger partial charge in [0.2, 0.25) is 0 Å². The van der Waals surface area contributed by atoms with E-state index in [0.717, 1.165) is 12.8 Å². The first-order valence-corrected chi connectivity index (χ1v) is 6.16. The van der Waals surface area contributed by atoms with E-state index in [2.05, 4.69) is 0 Å². The fourth-order valence-electron chi connectivity index (χ4n) is 2.24. The van der Waals surface area contributed by atoms with E-state index in [-0.39, 0.29) is 18.1 Å². The van der Waals surface area contributed by atoms with Crippen LogP contribution in [0.4, 0.5) is 4.79 Å². The van der Waals surface area contributed by atoms with Gasteiger partial charge in [-0.25, -0.2) is 4.79 Å². The molecule has 1 N–H and O–H groups in total. The largest absolute Gasteiger partial charge is 0.480 e. The lowest BCUT2D eigenvalue weighted by atomic mass is 10.0. The second-order valence-electron chi connectivity index (χ2n) is 5.16. The van der Waals surface area contributed by atoms with Crippen LogP contribution in [-0.4, -0.2) is 65.8 Å². The lowest BCUT2D eigenvalue weighted by molar-refractivity contribution is -0.137. The highest BCUT2D eigenvalue weighted by Gasteiger charge is 2.37. The number of ether oxygens (including phenoxy) is 1. The molecule has 104 valence electrons. The monoisotopic (exact) mass is 258 g/mol. The quantitative estimate of drug-likeness (QED) is 0.799. The molecule has 0 bridgehead atoms. The molecule has 0 radical (unpaired) electrons. The van der Waals surface area contributed by atoms with Gasteiger partial charge in [-0.05, 0) is 26.7 Å². The number of methoxy groups -OCH3 is 1. The van der Waals surface area contributed by atoms with E-state index < -0.39 is 5.97 Å². The predicted molar refractivity (Wildman–Crippen MR) is 66.5 cm³/mol. The zero-order valence-corrected chi connectivity index (χ0v) is 11.3. The van der Waals surface area contributed by atoms with E-state index in [9.17, 15) is 9.59 Å². The molecule has 1 fully saturated rings. The number of hydrogen-bond acceptors (Lipinski definition) is 3. The minimum Gasteiger partial charge on any atom is -0.480 e. The molecule has 18 heavy (non-hydrogen) atoms. The Morgan fingerprint density at radius 2 is 2.11 bits per heavy atom. The summed E-state index contributed by atoms with van der Waals surface area (Å²) in [4.78, 5) is 26.2. The number of nitrogens with zero attached hydrogens (tertiary/aromatic N) is 2. The fraction of sp³-hybridized carbons (Fsp3) is 0.833. The normalized spacial score (nSPS) is 17.8. The average molecular weight is 258 g/mol. The SMILES string of the molecule is COCCN(CC(=O)O)C(=O)N1CCCC1(C)C. The van der Waals surface area contributed by atoms with Gasteiger partial charge in [0.05, 0.1) is 6.61 Å². The molecule has 1 rings (SSSR count). The Bertz CT molecular complexity index is 317. The lowest BCUT2D eigenvalue weighted by Crippen LogP contribution is -2.51. The Morgan fingerprint density at radius 3 is 2.56 bits per heavy atom. The van der Waals surface area contributed by atoms with Crippen LogP contribution in [0.1, 0.15) is 26.7 Å². The van der Waals surface area contributed by atoms with E-state index in [1.807, 2.05) is 13.8 Å². The van der Waals surface area contributed by atoms with Gasteiger partial charge in [-0.3, -0.25) is 4.79 Å². The smallest absolute Gasteiger partial charge is 0.323 e. The third-order valence-corrected chi connectivity index (χ3v) is 3.29. The van der Waals surface area contributed by atoms with Crippen molar-refractivity contribution in [3.8, 4) is 0 Å². The van der Waals surface area contributed by atoms with Crippen molar-refractivity contribution in [2.75, 3.05) is 33.4 Å². The van der Waals surface area contributed by atoms with Gasteiger partial charge in [0.25, 0.3) is 0 Å². The molecular weight excluding hydrogens is 236 g/mol. The van der Waals surface area contributed by atoms with Crippen molar-refractivity contribution in [3.05, 3.63) is 0 Å². The van der Waals surface area contributed by atoms with Gasteiger partial charge in [-0.1, -0.05) is 0 Å². The number of aliphatic carboxylic acids is 1. The number of likely N-dealkylation sites (tertiary alicyclic amines) is 1. The molecule has 0 aromatic rings. The zero-order valence-electron chi connectivity index (χ0n) is 11.3. The summed E-state index contributed by atoms with van der Waals surface area (Å²) < 4.78 is 4.91. The standard InChI is InChI=1S/C12H22N2O4/c1-12(2)5-4-6-14(12)11(17)13(7-8-18-3)9-10(15)16/h4-9H2,1-3H3,(H,15,16). The third kappa shape index (κ3) is 3.60. The van der Waals surface area contributed by atoms with Crippen LogP contribution in [-0.2, 0) is 9.53 Å². The molecule has 2 amide bonds. The molecule has 1 saturated heterocycles. The number of carboxylic acids is 1. The molecule has 1 heterocycles. The summed E-state index contributed by atoms with van der Waals surface area (Å²) in [6.45, 7) is 5.06. The summed E-state index contributed by atoms with van der Waals surface area (Å²) in [5.41, 5.74) is -0.194. The molecule has 6 heteroatoms. The summed E-state index contributed by atoms with van der Waals surface area (Å²) in [7, 11) is 1.53. The molecule has 0 spiro atoms. The highest BCUT2D eigenvalue weighted by atomic mass is 16.5. The maximum absolute atomic E-state index is 12.3. The molecule has 0 aromatic heterocycles. The van der Waals surface area contributed by atoms with Crippen LogP contribution in [0.2, 0.25) is 0 Å². The van der Waals surface area contributed by atoms with Crippen LogP contribution in [0.5, 0.6) is 0 Å². The van der Waals surface area contributed by atoms with E-state index in [1.54, 1.807) is 4.90 Å². The molecule has 1 aliphatic heterocycles. The zero-order chi connectivity index (χ0) is 13.8. The predicted octanol–water partition coefficient (Wildman–Crippen LogP) is 1.01. The van der Waals surface area contributed by atoms with Gasteiger partial charge in [-0.2, -0.15) is 0 Å². The maximum Gasteiger partial charge on any atom is 0.323 e. The van der Waals surface area contributed by atoms with Crippen molar-refractivity contribution in [2.45, 2.75) is 32.2 Å². The number of hydrogen-bond donors (Lipinski definition) is 1. The van der Waals surface area contributed by atoms with Crippen LogP contribution in [0.15, 0.2) is 0 Å². The van der Waals surface area contributed by atoms with E-state index in [1.165, 1.54) is 12.0 Å². The molecule has 0 aliphatic carbocycles. The van der Waals surface area contributed by atoms with Gasteiger partial charge in [0, 0.05) is 25.7 Å². The Labute approximate surface area is 107 Å². The number of carbonyl (C=O) groups is 2. The van der Waals surface area contributed by atoms with Crippen LogP contribution >= 0.6 is 0 Å². The molecule has 6 nitrogen and oxygen atoms in total. The van der Waals surface area contributed by atoms with Crippen LogP contribution < -0.4 is 0 Å². The first kappa shape index (κ1) is 14.8. The van der Waals surface area contributed by atoms with Gasteiger partial charge >= 0.3 is 12.0 Å². The van der Waals surface area contributed by atoms with E-state index in [0.29, 0.717) is 19.7 Å². The summed E-state index contributed by atoms with van der Waals surface area (Å²) >= 11 is 0. The Hall–Kier alpha value is -1.30. The number of urea groups is 1. The molecular formula is C12H22N2O4. The minimum atomic E-state index is -1.00. The highest BCUT2D eigenvalue weighted by molar-refractivity contribution is 5.80. The summed E-state index contributed by atoms with van der Waals surface area (Å²) in [6.07, 6.45) is 1.91. The summed E-state index contributed by atoms with van der Waals surface area (Å²) in [5, 5.41) is 8.85. The highest BCUT2D eigenvalue weighted by Crippen LogP contribution is 2.29. The Kier molecular flexibility index (Phi) is 4.95. The van der Waals surface area contributed by atoms with Gasteiger partial charge in [0.1, 0.15) is 6.54 Å². The third-order valence-electron chi connectivity index (χ3n) is 3.29. The molecule has 0 aromatic carbocycles. The van der Waals surface area contributed by atoms with E-state index in [4.69, 9.17) is 9.84 Å². The van der Waals surface area contributed by atoms with Crippen molar-refractivity contribution in [2.24, 2.45) is 0 Å². The summed E-state index contributed by atoms with van der Waals surface area (Å²) in [6, 6.07) is -0.211. The average Bonchev–Trinajstić information content (AvgIpc) is 2.62. The van der Waals surface area contributed by atoms with Gasteiger partial charge in [0.15, 0.2) is 0 Å². The van der Waals surface area contributed by atoms with Crippen molar-refractivity contribution in [3.63, 3.8) is 0 Å². The van der Waals surface area contributed by atoms with Crippen molar-refractivity contribution < 1.29 is 19.4 Å². The lowest BCUT2D eigenvalue weighted by Gasteiger charge is -2.35. The Balaban J connectivity index is 2.71. The fourth-order valence-corrected chi connectivity index (χ4v) is 2.24. The van der Waals surface area contributed by atoms with Crippen LogP contribution in [0.3, 0.4) is 0 Å². The van der Waals surface area contributed by atoms with Crippen LogP contribution in [0.25, 0.3) is 0 Å². The van der Waals surface area contributed by atoms with Crippen LogP contribution in [0, 0.1) is 0 Å². The van der Waals surface area contributed by atoms with Crippen molar-refractivity contribution in [1.82, 2.24) is 9.80 Å². The first-order chi connectivity index (χ1) is 8.38. The first-order valence-electron chi connectivity index (χ1n) is 6.16. The van der Waals surface area contributed by atoms with Gasteiger partial charge < -0.3 is 19.6 Å². The second kappa shape index (κ2) is 6.04. The minimum absolute atomic E-state index is 0.194.